The van der Waals surface area contributed by atoms with Crippen molar-refractivity contribution in [2.45, 2.75) is 13.3 Å². The van der Waals surface area contributed by atoms with Gasteiger partial charge in [-0.1, -0.05) is 0 Å². The monoisotopic (exact) mass is 377 g/mol. The van der Waals surface area contributed by atoms with Gasteiger partial charge in [-0.3, -0.25) is 4.99 Å². The predicted octanol–water partition coefficient (Wildman–Crippen LogP) is 1.12. The Hall–Kier alpha value is -1.74. The number of benzene rings is 1. The van der Waals surface area contributed by atoms with Crippen molar-refractivity contribution in [3.8, 4) is 0 Å². The minimum atomic E-state index is -3.02. The van der Waals surface area contributed by atoms with Gasteiger partial charge < -0.3 is 15.4 Å². The molecular formula is C16H25F2N3O3S. The summed E-state index contributed by atoms with van der Waals surface area (Å²) in [5, 5.41) is 6.06. The van der Waals surface area contributed by atoms with E-state index in [9.17, 15) is 17.2 Å². The third kappa shape index (κ3) is 9.98. The lowest BCUT2D eigenvalue weighted by atomic mass is 10.1. The van der Waals surface area contributed by atoms with Crippen LogP contribution in [0.1, 0.15) is 12.5 Å². The molecule has 0 unspecified atom stereocenters. The van der Waals surface area contributed by atoms with E-state index >= 15 is 0 Å². The highest BCUT2D eigenvalue weighted by atomic mass is 32.2. The first-order valence-corrected chi connectivity index (χ1v) is 10.1. The zero-order chi connectivity index (χ0) is 18.7. The lowest BCUT2D eigenvalue weighted by Crippen LogP contribution is -2.38. The summed E-state index contributed by atoms with van der Waals surface area (Å²) in [6.45, 7) is 3.73. The van der Waals surface area contributed by atoms with E-state index in [-0.39, 0.29) is 12.4 Å². The van der Waals surface area contributed by atoms with Crippen LogP contribution >= 0.6 is 0 Å². The van der Waals surface area contributed by atoms with Gasteiger partial charge in [0.2, 0.25) is 0 Å². The smallest absolute Gasteiger partial charge is 0.191 e. The molecule has 0 bridgehead atoms. The van der Waals surface area contributed by atoms with Gasteiger partial charge in [0.05, 0.1) is 25.5 Å². The van der Waals surface area contributed by atoms with Crippen LogP contribution in [0.25, 0.3) is 0 Å². The van der Waals surface area contributed by atoms with E-state index in [0.717, 1.165) is 18.4 Å². The van der Waals surface area contributed by atoms with Crippen LogP contribution in [0.4, 0.5) is 8.78 Å². The fourth-order valence-electron chi connectivity index (χ4n) is 1.93. The van der Waals surface area contributed by atoms with Gasteiger partial charge >= 0.3 is 0 Å². The average molecular weight is 377 g/mol. The molecule has 0 amide bonds. The molecule has 0 radical (unpaired) electrons. The molecule has 2 N–H and O–H groups in total. The number of hydrogen-bond acceptors (Lipinski definition) is 4. The van der Waals surface area contributed by atoms with E-state index in [1.54, 1.807) is 0 Å². The highest BCUT2D eigenvalue weighted by Gasteiger charge is 2.05. The molecule has 0 saturated heterocycles. The van der Waals surface area contributed by atoms with Crippen molar-refractivity contribution in [1.82, 2.24) is 10.6 Å². The fraction of sp³-hybridized carbons (Fsp3) is 0.562. The number of hydrogen-bond donors (Lipinski definition) is 2. The van der Waals surface area contributed by atoms with E-state index in [1.165, 1.54) is 6.07 Å². The topological polar surface area (TPSA) is 79.8 Å². The second-order valence-electron chi connectivity index (χ2n) is 5.42. The minimum absolute atomic E-state index is 0.0196. The number of nitrogens with one attached hydrogen (secondary N) is 2. The molecule has 9 heteroatoms. The van der Waals surface area contributed by atoms with Gasteiger partial charge in [0.15, 0.2) is 5.96 Å². The Morgan fingerprint density at radius 2 is 2.00 bits per heavy atom. The highest BCUT2D eigenvalue weighted by Crippen LogP contribution is 2.09. The molecule has 1 rings (SSSR count). The lowest BCUT2D eigenvalue weighted by Gasteiger charge is -2.11. The minimum Gasteiger partial charge on any atom is -0.378 e. The summed E-state index contributed by atoms with van der Waals surface area (Å²) in [6, 6.07) is 3.37. The molecule has 6 nitrogen and oxygen atoms in total. The summed E-state index contributed by atoms with van der Waals surface area (Å²) in [7, 11) is -3.02. The number of ether oxygens (including phenoxy) is 1. The Labute approximate surface area is 147 Å². The van der Waals surface area contributed by atoms with Gasteiger partial charge in [0.25, 0.3) is 0 Å². The van der Waals surface area contributed by atoms with E-state index < -0.39 is 21.5 Å². The Morgan fingerprint density at radius 3 is 2.68 bits per heavy atom. The van der Waals surface area contributed by atoms with Crippen molar-refractivity contribution in [2.75, 3.05) is 44.9 Å². The molecule has 0 aromatic heterocycles. The van der Waals surface area contributed by atoms with Crippen molar-refractivity contribution in [3.05, 3.63) is 35.4 Å². The van der Waals surface area contributed by atoms with Crippen LogP contribution in [-0.4, -0.2) is 59.2 Å². The van der Waals surface area contributed by atoms with Crippen molar-refractivity contribution in [3.63, 3.8) is 0 Å². The third-order valence-electron chi connectivity index (χ3n) is 3.14. The van der Waals surface area contributed by atoms with Gasteiger partial charge in [-0.25, -0.2) is 17.2 Å². The van der Waals surface area contributed by atoms with Crippen LogP contribution in [0.15, 0.2) is 23.2 Å². The average Bonchev–Trinajstić information content (AvgIpc) is 2.53. The largest absolute Gasteiger partial charge is 0.378 e. The number of halogens is 2. The summed E-state index contributed by atoms with van der Waals surface area (Å²) < 4.78 is 53.8. The molecule has 0 heterocycles. The second-order valence-corrected chi connectivity index (χ2v) is 7.68. The molecule has 0 atom stereocenters. The number of sulfone groups is 1. The van der Waals surface area contributed by atoms with Gasteiger partial charge in [-0.05, 0) is 37.1 Å². The Morgan fingerprint density at radius 1 is 1.24 bits per heavy atom. The third-order valence-corrected chi connectivity index (χ3v) is 4.05. The van der Waals surface area contributed by atoms with Crippen LogP contribution in [0, 0.1) is 11.6 Å². The van der Waals surface area contributed by atoms with Crippen LogP contribution in [-0.2, 0) is 21.0 Å². The van der Waals surface area contributed by atoms with E-state index in [2.05, 4.69) is 15.6 Å². The molecule has 1 aromatic carbocycles. The predicted molar refractivity (Wildman–Crippen MR) is 94.6 cm³/mol. The lowest BCUT2D eigenvalue weighted by molar-refractivity contribution is 0.157. The molecule has 0 saturated carbocycles. The van der Waals surface area contributed by atoms with Crippen molar-refractivity contribution in [1.29, 1.82) is 0 Å². The molecule has 0 aliphatic rings. The SMILES string of the molecule is CCNC(=NCCOCCS(C)(=O)=O)NCCc1cc(F)ccc1F. The highest BCUT2D eigenvalue weighted by molar-refractivity contribution is 7.90. The molecular weight excluding hydrogens is 352 g/mol. The van der Waals surface area contributed by atoms with Crippen LogP contribution in [0.5, 0.6) is 0 Å². The van der Waals surface area contributed by atoms with Gasteiger partial charge in [-0.2, -0.15) is 0 Å². The first-order chi connectivity index (χ1) is 11.8. The van der Waals surface area contributed by atoms with Gasteiger partial charge in [0, 0.05) is 19.3 Å². The quantitative estimate of drug-likeness (QED) is 0.363. The summed E-state index contributed by atoms with van der Waals surface area (Å²) in [5.74, 6) is -0.396. The zero-order valence-corrected chi connectivity index (χ0v) is 15.3. The van der Waals surface area contributed by atoms with Gasteiger partial charge in [0.1, 0.15) is 21.5 Å². The normalized spacial score (nSPS) is 12.2. The molecule has 1 aromatic rings. The fourth-order valence-corrected chi connectivity index (χ4v) is 2.35. The standard InChI is InChI=1S/C16H25F2N3O3S/c1-3-19-16(21-8-9-24-10-11-25(2,22)23)20-7-6-13-12-14(17)4-5-15(13)18/h4-5,12H,3,6-11H2,1-2H3,(H2,19,20,21). The number of guanidine groups is 1. The van der Waals surface area contributed by atoms with E-state index in [4.69, 9.17) is 4.74 Å². The molecule has 142 valence electrons. The first kappa shape index (κ1) is 21.3. The Balaban J connectivity index is 2.36. The van der Waals surface area contributed by atoms with E-state index in [0.29, 0.717) is 44.2 Å². The molecule has 0 aliphatic carbocycles. The van der Waals surface area contributed by atoms with Crippen LogP contribution < -0.4 is 10.6 Å². The first-order valence-electron chi connectivity index (χ1n) is 8.03. The summed E-state index contributed by atoms with van der Waals surface area (Å²) in [5.41, 5.74) is 0.299. The van der Waals surface area contributed by atoms with Crippen LogP contribution in [0.3, 0.4) is 0 Å². The summed E-state index contributed by atoms with van der Waals surface area (Å²) in [4.78, 5) is 4.27. The van der Waals surface area contributed by atoms with Crippen molar-refractivity contribution < 1.29 is 21.9 Å². The maximum atomic E-state index is 13.5. The molecule has 0 spiro atoms. The zero-order valence-electron chi connectivity index (χ0n) is 14.5. The van der Waals surface area contributed by atoms with Crippen LogP contribution in [0.2, 0.25) is 0 Å². The number of nitrogens with zero attached hydrogens (tertiary/aromatic N) is 1. The maximum Gasteiger partial charge on any atom is 0.191 e. The number of rotatable bonds is 10. The summed E-state index contributed by atoms with van der Waals surface area (Å²) in [6.07, 6.45) is 1.47. The molecule has 0 fully saturated rings. The van der Waals surface area contributed by atoms with Crippen molar-refractivity contribution >= 4 is 15.8 Å². The second kappa shape index (κ2) is 11.0. The molecule has 0 aliphatic heterocycles. The Kier molecular flexibility index (Phi) is 9.36. The van der Waals surface area contributed by atoms with Gasteiger partial charge in [-0.15, -0.1) is 0 Å². The summed E-state index contributed by atoms with van der Waals surface area (Å²) >= 11 is 0. The van der Waals surface area contributed by atoms with Crippen molar-refractivity contribution in [2.24, 2.45) is 4.99 Å². The van der Waals surface area contributed by atoms with E-state index in [1.807, 2.05) is 6.92 Å². The number of aliphatic imine (C=N–C) groups is 1. The molecule has 25 heavy (non-hydrogen) atoms. The maximum absolute atomic E-state index is 13.5. The Bertz CT molecular complexity index is 667.